The van der Waals surface area contributed by atoms with Crippen molar-refractivity contribution in [1.82, 2.24) is 20.0 Å². The lowest BCUT2D eigenvalue weighted by Crippen LogP contribution is -2.16. The van der Waals surface area contributed by atoms with Crippen molar-refractivity contribution in [3.8, 4) is 5.69 Å². The Morgan fingerprint density at radius 3 is 2.71 bits per heavy atom. The van der Waals surface area contributed by atoms with E-state index >= 15 is 0 Å². The third kappa shape index (κ3) is 4.16. The Hall–Kier alpha value is -1.84. The lowest BCUT2D eigenvalue weighted by molar-refractivity contribution is -0.113. The predicted molar refractivity (Wildman–Crippen MR) is 99.3 cm³/mol. The van der Waals surface area contributed by atoms with Crippen LogP contribution in [0.5, 0.6) is 0 Å². The molecule has 0 aliphatic heterocycles. The number of carbonyl (C=O) groups excluding carboxylic acids is 1. The van der Waals surface area contributed by atoms with Crippen LogP contribution in [0.25, 0.3) is 5.69 Å². The average molecular weight is 378 g/mol. The minimum atomic E-state index is -0.0991. The number of rotatable bonds is 6. The highest BCUT2D eigenvalue weighted by molar-refractivity contribution is 8.03. The second kappa shape index (κ2) is 7.82. The monoisotopic (exact) mass is 377 g/mol. The molecule has 0 aliphatic rings. The highest BCUT2D eigenvalue weighted by atomic mass is 32.2. The number of aryl methyl sites for hydroxylation is 1. The molecule has 3 aromatic rings. The average Bonchev–Trinajstić information content (AvgIpc) is 3.20. The molecule has 0 fully saturated rings. The third-order valence-electron chi connectivity index (χ3n) is 2.99. The van der Waals surface area contributed by atoms with Crippen LogP contribution in [0.3, 0.4) is 0 Å². The van der Waals surface area contributed by atoms with Gasteiger partial charge in [0.05, 0.1) is 17.1 Å². The van der Waals surface area contributed by atoms with Crippen LogP contribution in [0.1, 0.15) is 5.69 Å². The summed E-state index contributed by atoms with van der Waals surface area (Å²) in [5.41, 5.74) is 1.75. The molecule has 0 radical (unpaired) electrons. The van der Waals surface area contributed by atoms with E-state index in [2.05, 4.69) is 20.6 Å². The van der Waals surface area contributed by atoms with E-state index in [0.29, 0.717) is 5.82 Å². The number of thioether (sulfide) groups is 2. The fourth-order valence-corrected chi connectivity index (χ4v) is 4.24. The van der Waals surface area contributed by atoms with E-state index in [9.17, 15) is 4.79 Å². The number of hydrogen-bond acceptors (Lipinski definition) is 7. The maximum Gasteiger partial charge on any atom is 0.235 e. The van der Waals surface area contributed by atoms with Crippen molar-refractivity contribution in [3.05, 3.63) is 42.1 Å². The lowest BCUT2D eigenvalue weighted by atomic mass is 10.3. The van der Waals surface area contributed by atoms with E-state index in [1.807, 2.05) is 49.6 Å². The number of benzene rings is 1. The Balaban J connectivity index is 1.66. The quantitative estimate of drug-likeness (QED) is 0.663. The van der Waals surface area contributed by atoms with Gasteiger partial charge in [-0.25, -0.2) is 4.68 Å². The Morgan fingerprint density at radius 1 is 1.25 bits per heavy atom. The Bertz CT molecular complexity index is 831. The third-order valence-corrected chi connectivity index (χ3v) is 6.02. The first-order valence-corrected chi connectivity index (χ1v) is 10.1. The van der Waals surface area contributed by atoms with Crippen molar-refractivity contribution >= 4 is 46.6 Å². The van der Waals surface area contributed by atoms with Crippen molar-refractivity contribution in [1.29, 1.82) is 0 Å². The summed E-state index contributed by atoms with van der Waals surface area (Å²) in [5.74, 6) is 0.839. The van der Waals surface area contributed by atoms with E-state index in [-0.39, 0.29) is 11.7 Å². The van der Waals surface area contributed by atoms with E-state index < -0.39 is 0 Å². The van der Waals surface area contributed by atoms with Gasteiger partial charge in [0.25, 0.3) is 0 Å². The molecule has 0 atom stereocenters. The molecule has 2 heterocycles. The second-order valence-electron chi connectivity index (χ2n) is 4.79. The van der Waals surface area contributed by atoms with Gasteiger partial charge >= 0.3 is 0 Å². The number of aromatic nitrogens is 4. The van der Waals surface area contributed by atoms with E-state index in [4.69, 9.17) is 0 Å². The van der Waals surface area contributed by atoms with Crippen LogP contribution in [0.2, 0.25) is 0 Å². The highest BCUT2D eigenvalue weighted by Gasteiger charge is 2.12. The van der Waals surface area contributed by atoms with Crippen LogP contribution >= 0.6 is 34.9 Å². The summed E-state index contributed by atoms with van der Waals surface area (Å²) in [6, 6.07) is 11.6. The number of hydrogen-bond donors (Lipinski definition) is 1. The minimum Gasteiger partial charge on any atom is -0.310 e. The fourth-order valence-electron chi connectivity index (χ4n) is 2.00. The van der Waals surface area contributed by atoms with Crippen LogP contribution in [0.4, 0.5) is 5.82 Å². The van der Waals surface area contributed by atoms with Crippen LogP contribution in [0, 0.1) is 6.92 Å². The summed E-state index contributed by atoms with van der Waals surface area (Å²) in [7, 11) is 0. The summed E-state index contributed by atoms with van der Waals surface area (Å²) in [6.07, 6.45) is 1.95. The molecule has 0 unspecified atom stereocenters. The van der Waals surface area contributed by atoms with Crippen LogP contribution in [-0.2, 0) is 4.79 Å². The number of nitrogens with zero attached hydrogens (tertiary/aromatic N) is 4. The van der Waals surface area contributed by atoms with Gasteiger partial charge in [0.15, 0.2) is 8.68 Å². The molecule has 6 nitrogen and oxygen atoms in total. The Kier molecular flexibility index (Phi) is 5.54. The van der Waals surface area contributed by atoms with Gasteiger partial charge in [-0.05, 0) is 25.3 Å². The molecule has 0 aliphatic carbocycles. The standard InChI is InChI=1S/C15H15N5OS3/c1-10-8-12(20(19-10)11-6-4-3-5-7-11)16-13(21)9-23-15-18-17-14(22-2)24-15/h3-8H,9H2,1-2H3,(H,16,21). The molecular formula is C15H15N5OS3. The van der Waals surface area contributed by atoms with Crippen molar-refractivity contribution in [2.45, 2.75) is 15.6 Å². The van der Waals surface area contributed by atoms with E-state index in [1.54, 1.807) is 16.4 Å². The van der Waals surface area contributed by atoms with Gasteiger partial charge in [-0.1, -0.05) is 53.1 Å². The van der Waals surface area contributed by atoms with Crippen molar-refractivity contribution < 1.29 is 4.79 Å². The van der Waals surface area contributed by atoms with Gasteiger partial charge < -0.3 is 5.32 Å². The van der Waals surface area contributed by atoms with Crippen molar-refractivity contribution in [2.75, 3.05) is 17.3 Å². The number of para-hydroxylation sites is 1. The normalized spacial score (nSPS) is 10.8. The van der Waals surface area contributed by atoms with E-state index in [1.165, 1.54) is 23.1 Å². The first kappa shape index (κ1) is 17.0. The zero-order chi connectivity index (χ0) is 16.9. The molecule has 0 saturated heterocycles. The zero-order valence-electron chi connectivity index (χ0n) is 13.1. The van der Waals surface area contributed by atoms with Crippen molar-refractivity contribution in [3.63, 3.8) is 0 Å². The molecule has 3 rings (SSSR count). The molecule has 9 heteroatoms. The smallest absolute Gasteiger partial charge is 0.235 e. The first-order chi connectivity index (χ1) is 11.7. The molecular weight excluding hydrogens is 362 g/mol. The molecule has 1 amide bonds. The first-order valence-electron chi connectivity index (χ1n) is 7.08. The Labute approximate surface area is 152 Å². The maximum absolute atomic E-state index is 12.2. The summed E-state index contributed by atoms with van der Waals surface area (Å²) in [5, 5.41) is 15.4. The number of carbonyl (C=O) groups is 1. The minimum absolute atomic E-state index is 0.0991. The number of nitrogens with one attached hydrogen (secondary N) is 1. The van der Waals surface area contributed by atoms with Gasteiger partial charge in [0, 0.05) is 6.07 Å². The van der Waals surface area contributed by atoms with Gasteiger partial charge in [-0.15, -0.1) is 10.2 Å². The predicted octanol–water partition coefficient (Wildman–Crippen LogP) is 3.48. The van der Waals surface area contributed by atoms with Crippen LogP contribution in [0.15, 0.2) is 45.1 Å². The zero-order valence-corrected chi connectivity index (χ0v) is 15.5. The molecule has 24 heavy (non-hydrogen) atoms. The van der Waals surface area contributed by atoms with Gasteiger partial charge in [0.1, 0.15) is 5.82 Å². The number of amides is 1. The van der Waals surface area contributed by atoms with Gasteiger partial charge in [-0.2, -0.15) is 5.10 Å². The molecule has 2 aromatic heterocycles. The molecule has 0 spiro atoms. The summed E-state index contributed by atoms with van der Waals surface area (Å²) in [6.45, 7) is 1.90. The Morgan fingerprint density at radius 2 is 2.00 bits per heavy atom. The highest BCUT2D eigenvalue weighted by Crippen LogP contribution is 2.27. The largest absolute Gasteiger partial charge is 0.310 e. The van der Waals surface area contributed by atoms with Gasteiger partial charge in [-0.3, -0.25) is 4.79 Å². The second-order valence-corrected chi connectivity index (χ2v) is 8.05. The van der Waals surface area contributed by atoms with Gasteiger partial charge in [0.2, 0.25) is 5.91 Å². The fraction of sp³-hybridized carbons (Fsp3) is 0.200. The lowest BCUT2D eigenvalue weighted by Gasteiger charge is -2.08. The molecule has 1 aromatic carbocycles. The topological polar surface area (TPSA) is 72.7 Å². The summed E-state index contributed by atoms with van der Waals surface area (Å²) < 4.78 is 3.42. The molecule has 0 saturated carbocycles. The molecule has 124 valence electrons. The SMILES string of the molecule is CSc1nnc(SCC(=O)Nc2cc(C)nn2-c2ccccc2)s1. The van der Waals surface area contributed by atoms with Crippen molar-refractivity contribution in [2.24, 2.45) is 0 Å². The molecule has 0 bridgehead atoms. The molecule has 1 N–H and O–H groups in total. The van der Waals surface area contributed by atoms with Crippen LogP contribution < -0.4 is 5.32 Å². The summed E-state index contributed by atoms with van der Waals surface area (Å²) in [4.78, 5) is 12.2. The maximum atomic E-state index is 12.2. The number of anilines is 1. The summed E-state index contributed by atoms with van der Waals surface area (Å²) >= 11 is 4.42. The van der Waals surface area contributed by atoms with Crippen LogP contribution in [-0.4, -0.2) is 37.9 Å². The van der Waals surface area contributed by atoms with E-state index in [0.717, 1.165) is 20.1 Å².